The van der Waals surface area contributed by atoms with Crippen molar-refractivity contribution >= 4 is 39.7 Å². The summed E-state index contributed by atoms with van der Waals surface area (Å²) < 4.78 is 0.882. The van der Waals surface area contributed by atoms with E-state index in [1.54, 1.807) is 31.2 Å². The van der Waals surface area contributed by atoms with Crippen LogP contribution in [0.15, 0.2) is 28.7 Å². The van der Waals surface area contributed by atoms with Gasteiger partial charge in [-0.2, -0.15) is 0 Å². The van der Waals surface area contributed by atoms with Crippen LogP contribution in [0.25, 0.3) is 0 Å². The van der Waals surface area contributed by atoms with E-state index in [0.717, 1.165) is 23.6 Å². The molecule has 1 aliphatic heterocycles. The Hall–Kier alpha value is -1.49. The second-order valence-electron chi connectivity index (χ2n) is 6.03. The Morgan fingerprint density at radius 3 is 2.50 bits per heavy atom. The van der Waals surface area contributed by atoms with Crippen LogP contribution in [0.4, 0.5) is 5.69 Å². The van der Waals surface area contributed by atoms with Gasteiger partial charge >= 0.3 is 0 Å². The van der Waals surface area contributed by atoms with Crippen molar-refractivity contribution in [1.29, 1.82) is 0 Å². The summed E-state index contributed by atoms with van der Waals surface area (Å²) in [5, 5.41) is 0. The lowest BCUT2D eigenvalue weighted by molar-refractivity contribution is -0.130. The van der Waals surface area contributed by atoms with Crippen molar-refractivity contribution in [2.75, 3.05) is 4.90 Å². The first kappa shape index (κ1) is 16.9. The fourth-order valence-corrected chi connectivity index (χ4v) is 3.15. The molecule has 2 atom stereocenters. The van der Waals surface area contributed by atoms with E-state index in [-0.39, 0.29) is 18.2 Å². The molecule has 0 spiro atoms. The van der Waals surface area contributed by atoms with E-state index in [1.807, 2.05) is 6.92 Å². The molecule has 0 bridgehead atoms. The average molecular weight is 366 g/mol. The molecule has 1 fully saturated rings. The number of imide groups is 1. The highest BCUT2D eigenvalue weighted by Gasteiger charge is 2.48. The fraction of sp³-hybridized carbons (Fsp3) is 0.471. The van der Waals surface area contributed by atoms with Crippen molar-refractivity contribution in [3.8, 4) is 0 Å². The minimum absolute atomic E-state index is 0.105. The number of anilines is 1. The zero-order chi connectivity index (χ0) is 16.3. The summed E-state index contributed by atoms with van der Waals surface area (Å²) in [6.07, 6.45) is 3.41. The zero-order valence-corrected chi connectivity index (χ0v) is 14.4. The van der Waals surface area contributed by atoms with Gasteiger partial charge in [0.15, 0.2) is 0 Å². The Labute approximate surface area is 139 Å². The van der Waals surface area contributed by atoms with Crippen molar-refractivity contribution in [2.24, 2.45) is 11.3 Å². The minimum Gasteiger partial charge on any atom is -0.303 e. The molecule has 0 unspecified atom stereocenters. The number of carbonyl (C=O) groups excluding carboxylic acids is 3. The molecule has 1 aromatic carbocycles. The molecule has 4 nitrogen and oxygen atoms in total. The summed E-state index contributed by atoms with van der Waals surface area (Å²) in [5.74, 6) is -1.06. The Bertz CT molecular complexity index is 584. The number of halogens is 1. The lowest BCUT2D eigenvalue weighted by Crippen LogP contribution is -2.37. The van der Waals surface area contributed by atoms with Gasteiger partial charge in [-0.05, 0) is 30.7 Å². The predicted octanol–water partition coefficient (Wildman–Crippen LogP) is 3.72. The van der Waals surface area contributed by atoms with Crippen molar-refractivity contribution in [3.63, 3.8) is 0 Å². The number of amides is 2. The van der Waals surface area contributed by atoms with Gasteiger partial charge in [-0.1, -0.05) is 42.6 Å². The van der Waals surface area contributed by atoms with Gasteiger partial charge in [-0.25, -0.2) is 0 Å². The van der Waals surface area contributed by atoms with Gasteiger partial charge in [0.25, 0.3) is 0 Å². The van der Waals surface area contributed by atoms with Crippen molar-refractivity contribution in [2.45, 2.75) is 39.5 Å². The van der Waals surface area contributed by atoms with Crippen molar-refractivity contribution in [3.05, 3.63) is 28.7 Å². The molecule has 1 aliphatic rings. The van der Waals surface area contributed by atoms with Gasteiger partial charge in [0.1, 0.15) is 6.29 Å². The number of unbranched alkanes of at least 4 members (excludes halogenated alkanes) is 1. The minimum atomic E-state index is -0.771. The monoisotopic (exact) mass is 365 g/mol. The third kappa shape index (κ3) is 3.14. The molecule has 5 heteroatoms. The van der Waals surface area contributed by atoms with E-state index in [4.69, 9.17) is 0 Å². The lowest BCUT2D eigenvalue weighted by Gasteiger charge is -2.28. The molecule has 2 rings (SSSR count). The van der Waals surface area contributed by atoms with Crippen LogP contribution in [-0.2, 0) is 14.4 Å². The van der Waals surface area contributed by atoms with Crippen LogP contribution in [0.2, 0.25) is 0 Å². The molecule has 1 aromatic rings. The van der Waals surface area contributed by atoms with Crippen molar-refractivity contribution < 1.29 is 14.4 Å². The molecule has 1 saturated heterocycles. The van der Waals surface area contributed by atoms with E-state index in [9.17, 15) is 14.4 Å². The summed E-state index contributed by atoms with van der Waals surface area (Å²) in [5.41, 5.74) is -0.211. The first-order valence-corrected chi connectivity index (χ1v) is 8.31. The molecule has 0 aromatic heterocycles. The molecule has 2 amide bonds. The summed E-state index contributed by atoms with van der Waals surface area (Å²) in [7, 11) is 0. The number of carbonyl (C=O) groups is 3. The van der Waals surface area contributed by atoms with E-state index in [1.165, 1.54) is 4.90 Å². The Morgan fingerprint density at radius 1 is 1.32 bits per heavy atom. The molecule has 0 N–H and O–H groups in total. The van der Waals surface area contributed by atoms with Gasteiger partial charge in [0, 0.05) is 16.3 Å². The fourth-order valence-electron chi connectivity index (χ4n) is 2.88. The molecule has 0 saturated carbocycles. The summed E-state index contributed by atoms with van der Waals surface area (Å²) in [6, 6.07) is 7.04. The van der Waals surface area contributed by atoms with Gasteiger partial charge in [-0.3, -0.25) is 14.5 Å². The Balaban J connectivity index is 2.27. The third-order valence-electron chi connectivity index (χ3n) is 4.37. The zero-order valence-electron chi connectivity index (χ0n) is 12.8. The number of rotatable bonds is 6. The molecular weight excluding hydrogens is 346 g/mol. The highest BCUT2D eigenvalue weighted by molar-refractivity contribution is 9.10. The second-order valence-corrected chi connectivity index (χ2v) is 6.94. The van der Waals surface area contributed by atoms with Gasteiger partial charge in [0.05, 0.1) is 11.6 Å². The van der Waals surface area contributed by atoms with Crippen LogP contribution in [0.1, 0.15) is 39.5 Å². The van der Waals surface area contributed by atoms with E-state index in [0.29, 0.717) is 12.1 Å². The number of hydrogen-bond acceptors (Lipinski definition) is 3. The number of benzene rings is 1. The van der Waals surface area contributed by atoms with Crippen LogP contribution in [0.3, 0.4) is 0 Å². The maximum Gasteiger partial charge on any atom is 0.238 e. The van der Waals surface area contributed by atoms with Gasteiger partial charge in [-0.15, -0.1) is 0 Å². The Kier molecular flexibility index (Phi) is 5.16. The summed E-state index contributed by atoms with van der Waals surface area (Å²) >= 11 is 3.33. The number of aldehydes is 1. The third-order valence-corrected chi connectivity index (χ3v) is 4.89. The van der Waals surface area contributed by atoms with E-state index in [2.05, 4.69) is 15.9 Å². The standard InChI is InChI=1S/C17H20BrNO3/c1-3-4-9-17(2,11-20)14-10-15(21)19(16(14)22)13-7-5-12(18)6-8-13/h5-8,11,14H,3-4,9-10H2,1-2H3/t14-,17+/m1/s1. The second kappa shape index (κ2) is 6.73. The largest absolute Gasteiger partial charge is 0.303 e. The first-order valence-electron chi connectivity index (χ1n) is 7.51. The van der Waals surface area contributed by atoms with E-state index < -0.39 is 11.3 Å². The molecule has 22 heavy (non-hydrogen) atoms. The van der Waals surface area contributed by atoms with Crippen LogP contribution >= 0.6 is 15.9 Å². The quantitative estimate of drug-likeness (QED) is 0.570. The van der Waals surface area contributed by atoms with Gasteiger partial charge in [0.2, 0.25) is 11.8 Å². The van der Waals surface area contributed by atoms with E-state index >= 15 is 0 Å². The maximum atomic E-state index is 12.7. The first-order chi connectivity index (χ1) is 10.4. The smallest absolute Gasteiger partial charge is 0.238 e. The van der Waals surface area contributed by atoms with Crippen molar-refractivity contribution in [1.82, 2.24) is 0 Å². The molecule has 0 radical (unpaired) electrons. The molecule has 118 valence electrons. The molecule has 0 aliphatic carbocycles. The number of nitrogens with zero attached hydrogens (tertiary/aromatic N) is 1. The van der Waals surface area contributed by atoms with Crippen LogP contribution in [0, 0.1) is 11.3 Å². The highest BCUT2D eigenvalue weighted by Crippen LogP contribution is 2.40. The van der Waals surface area contributed by atoms with Crippen LogP contribution < -0.4 is 4.90 Å². The topological polar surface area (TPSA) is 54.5 Å². The summed E-state index contributed by atoms with van der Waals surface area (Å²) in [6.45, 7) is 3.83. The highest BCUT2D eigenvalue weighted by atomic mass is 79.9. The SMILES string of the molecule is CCCC[C@@](C)(C=O)[C@@H]1CC(=O)N(c2ccc(Br)cc2)C1=O. The predicted molar refractivity (Wildman–Crippen MR) is 88.4 cm³/mol. The lowest BCUT2D eigenvalue weighted by atomic mass is 9.73. The van der Waals surface area contributed by atoms with Gasteiger partial charge < -0.3 is 4.79 Å². The summed E-state index contributed by atoms with van der Waals surface area (Å²) in [4.78, 5) is 37.8. The molecule has 1 heterocycles. The van der Waals surface area contributed by atoms with Crippen LogP contribution in [-0.4, -0.2) is 18.1 Å². The number of hydrogen-bond donors (Lipinski definition) is 0. The maximum absolute atomic E-state index is 12.7. The average Bonchev–Trinajstić information content (AvgIpc) is 2.81. The Morgan fingerprint density at radius 2 is 1.95 bits per heavy atom. The van der Waals surface area contributed by atoms with Crippen LogP contribution in [0.5, 0.6) is 0 Å². The molecular formula is C17H20BrNO3. The normalized spacial score (nSPS) is 21.0.